The first-order valence-electron chi connectivity index (χ1n) is 7.32. The number of benzene rings is 3. The molecule has 0 unspecified atom stereocenters. The molecule has 2 atom stereocenters. The van der Waals surface area contributed by atoms with Gasteiger partial charge in [-0.1, -0.05) is 84.9 Å². The molecule has 0 aliphatic heterocycles. The normalized spacial score (nSPS) is 13.5. The molecule has 0 aromatic heterocycles. The summed E-state index contributed by atoms with van der Waals surface area (Å²) in [5.74, 6) is 0. The quantitative estimate of drug-likeness (QED) is 0.766. The van der Waals surface area contributed by atoms with E-state index < -0.39 is 12.2 Å². The van der Waals surface area contributed by atoms with Crippen LogP contribution in [0.4, 0.5) is 0 Å². The van der Waals surface area contributed by atoms with Crippen LogP contribution in [0.5, 0.6) is 0 Å². The summed E-state index contributed by atoms with van der Waals surface area (Å²) in [6.07, 6.45) is -1.51. The molecule has 3 aromatic carbocycles. The van der Waals surface area contributed by atoms with Gasteiger partial charge in [0.25, 0.3) is 0 Å². The number of aliphatic hydroxyl groups is 2. The third-order valence-corrected chi connectivity index (χ3v) is 3.82. The van der Waals surface area contributed by atoms with Gasteiger partial charge in [0.1, 0.15) is 12.2 Å². The lowest BCUT2D eigenvalue weighted by Gasteiger charge is -2.20. The first-order valence-corrected chi connectivity index (χ1v) is 7.32. The summed E-state index contributed by atoms with van der Waals surface area (Å²) in [5, 5.41) is 21.3. The zero-order valence-electron chi connectivity index (χ0n) is 12.1. The summed E-state index contributed by atoms with van der Waals surface area (Å²) in [6, 6.07) is 26.4. The van der Waals surface area contributed by atoms with Gasteiger partial charge in [-0.25, -0.2) is 0 Å². The van der Waals surface area contributed by atoms with Gasteiger partial charge < -0.3 is 10.2 Å². The molecule has 0 amide bonds. The number of aliphatic hydroxyl groups excluding tert-OH is 2. The lowest BCUT2D eigenvalue weighted by Crippen LogP contribution is -2.08. The molecule has 0 saturated heterocycles. The van der Waals surface area contributed by atoms with Gasteiger partial charge in [0.05, 0.1) is 0 Å². The van der Waals surface area contributed by atoms with Crippen LogP contribution in [0.25, 0.3) is 0 Å². The Morgan fingerprint density at radius 1 is 0.455 bits per heavy atom. The standard InChI is InChI=1S/C20H18O2/c21-19(15-9-3-1-4-10-15)17-13-7-8-14-18(17)20(22)16-11-5-2-6-12-16/h1-14,19-22H/t19-,20-/m1/s1. The molecule has 0 radical (unpaired) electrons. The van der Waals surface area contributed by atoms with E-state index in [4.69, 9.17) is 0 Å². The summed E-state index contributed by atoms with van der Waals surface area (Å²) in [5.41, 5.74) is 3.08. The minimum absolute atomic E-state index is 0.727. The van der Waals surface area contributed by atoms with Crippen molar-refractivity contribution < 1.29 is 10.2 Å². The van der Waals surface area contributed by atoms with Crippen molar-refractivity contribution in [2.24, 2.45) is 0 Å². The Morgan fingerprint density at radius 2 is 0.773 bits per heavy atom. The van der Waals surface area contributed by atoms with Gasteiger partial charge in [0.15, 0.2) is 0 Å². The predicted molar refractivity (Wildman–Crippen MR) is 87.4 cm³/mol. The lowest BCUT2D eigenvalue weighted by molar-refractivity contribution is 0.197. The summed E-state index contributed by atoms with van der Waals surface area (Å²) < 4.78 is 0. The summed E-state index contributed by atoms with van der Waals surface area (Å²) in [4.78, 5) is 0. The Kier molecular flexibility index (Phi) is 4.33. The maximum Gasteiger partial charge on any atom is 0.104 e. The molecule has 0 saturated carbocycles. The highest BCUT2D eigenvalue weighted by Crippen LogP contribution is 2.31. The summed E-state index contributed by atoms with van der Waals surface area (Å²) in [7, 11) is 0. The summed E-state index contributed by atoms with van der Waals surface area (Å²) >= 11 is 0. The molecule has 2 nitrogen and oxygen atoms in total. The van der Waals surface area contributed by atoms with E-state index in [9.17, 15) is 10.2 Å². The molecule has 0 spiro atoms. The Bertz CT molecular complexity index is 658. The Hall–Kier alpha value is -2.42. The maximum atomic E-state index is 10.7. The fraction of sp³-hybridized carbons (Fsp3) is 0.100. The molecule has 3 aromatic rings. The number of rotatable bonds is 4. The minimum Gasteiger partial charge on any atom is -0.384 e. The van der Waals surface area contributed by atoms with Crippen LogP contribution in [0.3, 0.4) is 0 Å². The maximum absolute atomic E-state index is 10.7. The third kappa shape index (κ3) is 2.93. The van der Waals surface area contributed by atoms with Crippen LogP contribution in [0.15, 0.2) is 84.9 Å². The smallest absolute Gasteiger partial charge is 0.104 e. The second-order valence-electron chi connectivity index (χ2n) is 5.26. The van der Waals surface area contributed by atoms with Crippen molar-refractivity contribution >= 4 is 0 Å². The van der Waals surface area contributed by atoms with Gasteiger partial charge in [-0.2, -0.15) is 0 Å². The molecule has 0 fully saturated rings. The van der Waals surface area contributed by atoms with Crippen LogP contribution in [0.1, 0.15) is 34.5 Å². The highest BCUT2D eigenvalue weighted by molar-refractivity contribution is 5.40. The second-order valence-corrected chi connectivity index (χ2v) is 5.26. The van der Waals surface area contributed by atoms with Crippen LogP contribution >= 0.6 is 0 Å². The van der Waals surface area contributed by atoms with E-state index in [0.717, 1.165) is 22.3 Å². The molecule has 0 aliphatic rings. The van der Waals surface area contributed by atoms with Crippen molar-refractivity contribution in [3.8, 4) is 0 Å². The van der Waals surface area contributed by atoms with Crippen LogP contribution in [0.2, 0.25) is 0 Å². The zero-order chi connectivity index (χ0) is 15.4. The second kappa shape index (κ2) is 6.56. The van der Waals surface area contributed by atoms with Crippen molar-refractivity contribution in [1.82, 2.24) is 0 Å². The molecule has 110 valence electrons. The van der Waals surface area contributed by atoms with E-state index in [2.05, 4.69) is 0 Å². The van der Waals surface area contributed by atoms with E-state index in [-0.39, 0.29) is 0 Å². The van der Waals surface area contributed by atoms with Gasteiger partial charge in [-0.05, 0) is 22.3 Å². The molecular weight excluding hydrogens is 272 g/mol. The van der Waals surface area contributed by atoms with Gasteiger partial charge in [0, 0.05) is 0 Å². The third-order valence-electron chi connectivity index (χ3n) is 3.82. The van der Waals surface area contributed by atoms with Crippen LogP contribution in [-0.4, -0.2) is 10.2 Å². The van der Waals surface area contributed by atoms with E-state index in [1.807, 2.05) is 84.9 Å². The molecular formula is C20H18O2. The van der Waals surface area contributed by atoms with E-state index in [1.54, 1.807) is 0 Å². The van der Waals surface area contributed by atoms with Gasteiger partial charge in [-0.3, -0.25) is 0 Å². The first kappa shape index (κ1) is 14.5. The van der Waals surface area contributed by atoms with Crippen LogP contribution in [0, 0.1) is 0 Å². The Morgan fingerprint density at radius 3 is 1.14 bits per heavy atom. The van der Waals surface area contributed by atoms with E-state index in [1.165, 1.54) is 0 Å². The molecule has 22 heavy (non-hydrogen) atoms. The van der Waals surface area contributed by atoms with Gasteiger partial charge in [0.2, 0.25) is 0 Å². The average molecular weight is 290 g/mol. The highest BCUT2D eigenvalue weighted by atomic mass is 16.3. The SMILES string of the molecule is O[C@H](c1ccccc1)c1ccccc1[C@H](O)c1ccccc1. The van der Waals surface area contributed by atoms with Crippen LogP contribution in [-0.2, 0) is 0 Å². The lowest BCUT2D eigenvalue weighted by atomic mass is 9.91. The van der Waals surface area contributed by atoms with Crippen LogP contribution < -0.4 is 0 Å². The number of hydrogen-bond acceptors (Lipinski definition) is 2. The molecule has 0 heterocycles. The summed E-state index contributed by atoms with van der Waals surface area (Å²) in [6.45, 7) is 0. The van der Waals surface area contributed by atoms with Crippen molar-refractivity contribution in [2.45, 2.75) is 12.2 Å². The molecule has 3 rings (SSSR count). The van der Waals surface area contributed by atoms with E-state index >= 15 is 0 Å². The van der Waals surface area contributed by atoms with Gasteiger partial charge in [-0.15, -0.1) is 0 Å². The van der Waals surface area contributed by atoms with Gasteiger partial charge >= 0.3 is 0 Å². The Labute approximate surface area is 130 Å². The fourth-order valence-electron chi connectivity index (χ4n) is 2.64. The van der Waals surface area contributed by atoms with Crippen molar-refractivity contribution in [3.63, 3.8) is 0 Å². The molecule has 0 bridgehead atoms. The average Bonchev–Trinajstić information content (AvgIpc) is 2.62. The molecule has 2 N–H and O–H groups in total. The van der Waals surface area contributed by atoms with Crippen molar-refractivity contribution in [1.29, 1.82) is 0 Å². The predicted octanol–water partition coefficient (Wildman–Crippen LogP) is 3.85. The fourth-order valence-corrected chi connectivity index (χ4v) is 2.64. The largest absolute Gasteiger partial charge is 0.384 e. The Balaban J connectivity index is 2.00. The molecule has 0 aliphatic carbocycles. The monoisotopic (exact) mass is 290 g/mol. The highest BCUT2D eigenvalue weighted by Gasteiger charge is 2.19. The molecule has 2 heteroatoms. The van der Waals surface area contributed by atoms with Crippen molar-refractivity contribution in [2.75, 3.05) is 0 Å². The van der Waals surface area contributed by atoms with E-state index in [0.29, 0.717) is 0 Å². The topological polar surface area (TPSA) is 40.5 Å². The number of hydrogen-bond donors (Lipinski definition) is 2. The minimum atomic E-state index is -0.754. The first-order chi connectivity index (χ1) is 10.8. The zero-order valence-corrected chi connectivity index (χ0v) is 12.1. The van der Waals surface area contributed by atoms with Crippen molar-refractivity contribution in [3.05, 3.63) is 107 Å².